The highest BCUT2D eigenvalue weighted by atomic mass is 29.3. The molecular weight excluding hydrogens is 244 g/mol. The van der Waals surface area contributed by atoms with E-state index in [1.807, 2.05) is 0 Å². The predicted molar refractivity (Wildman–Crippen MR) is 81.9 cm³/mol. The average molecular weight is 275 g/mol. The second-order valence-corrected chi connectivity index (χ2v) is 24.8. The monoisotopic (exact) mass is 274 g/mol. The van der Waals surface area contributed by atoms with Gasteiger partial charge in [-0.25, -0.2) is 0 Å². The molecule has 0 aliphatic carbocycles. The van der Waals surface area contributed by atoms with Crippen LogP contribution in [-0.4, -0.2) is 45.2 Å². The Balaban J connectivity index is 3.20. The fourth-order valence-corrected chi connectivity index (χ4v) is 32.7. The highest BCUT2D eigenvalue weighted by molar-refractivity contribution is 7.43. The smallest absolute Gasteiger partial charge is 0.173 e. The van der Waals surface area contributed by atoms with Gasteiger partial charge in [0.25, 0.3) is 0 Å². The van der Waals surface area contributed by atoms with Gasteiger partial charge in [0, 0.05) is 0 Å². The Bertz CT molecular complexity index is 238. The van der Waals surface area contributed by atoms with Gasteiger partial charge in [0.2, 0.25) is 0 Å². The molecule has 1 aliphatic rings. The van der Waals surface area contributed by atoms with Gasteiger partial charge < -0.3 is 8.46 Å². The van der Waals surface area contributed by atoms with Gasteiger partial charge in [-0.15, -0.1) is 0 Å². The fourth-order valence-electron chi connectivity index (χ4n) is 3.85. The van der Waals surface area contributed by atoms with Crippen molar-refractivity contribution in [2.24, 2.45) is 0 Å². The number of hydrogen-bond acceptors (Lipinski definition) is 2. The van der Waals surface area contributed by atoms with Gasteiger partial charge in [0.15, 0.2) is 9.12 Å². The summed E-state index contributed by atoms with van der Waals surface area (Å²) in [7, 11) is -3.23. The van der Waals surface area contributed by atoms with Crippen molar-refractivity contribution in [2.75, 3.05) is 0 Å². The Labute approximate surface area is 106 Å². The van der Waals surface area contributed by atoms with Crippen molar-refractivity contribution in [1.82, 2.24) is 8.46 Å². The van der Waals surface area contributed by atoms with Gasteiger partial charge >= 0.3 is 0 Å². The first-order valence-electron chi connectivity index (χ1n) is 6.62. The van der Waals surface area contributed by atoms with E-state index in [0.717, 1.165) is 12.1 Å². The summed E-state index contributed by atoms with van der Waals surface area (Å²) in [6, 6.07) is 1.50. The molecule has 0 bridgehead atoms. The molecule has 1 aliphatic heterocycles. The molecule has 0 aromatic rings. The molecule has 0 aromatic carbocycles. The maximum Gasteiger partial charge on any atom is 0.173 e. The van der Waals surface area contributed by atoms with Crippen molar-refractivity contribution in [2.45, 2.75) is 72.5 Å². The summed E-state index contributed by atoms with van der Waals surface area (Å²) in [5, 5.41) is 0. The van der Waals surface area contributed by atoms with E-state index in [0.29, 0.717) is 0 Å². The third-order valence-electron chi connectivity index (χ3n) is 4.71. The van der Waals surface area contributed by atoms with Crippen molar-refractivity contribution in [1.29, 1.82) is 0 Å². The van der Waals surface area contributed by atoms with Crippen LogP contribution in [0, 0.1) is 0 Å². The predicted octanol–water partition coefficient (Wildman–Crippen LogP) is 2.76. The summed E-state index contributed by atoms with van der Waals surface area (Å²) in [5.41, 5.74) is 0. The highest BCUT2D eigenvalue weighted by Gasteiger charge is 2.60. The molecule has 1 saturated heterocycles. The van der Waals surface area contributed by atoms with Gasteiger partial charge in [0.1, 0.15) is 15.5 Å². The van der Waals surface area contributed by atoms with Crippen LogP contribution in [0.3, 0.4) is 0 Å². The van der Waals surface area contributed by atoms with Crippen molar-refractivity contribution in [3.63, 3.8) is 0 Å². The SMILES string of the molecule is CC(C)N1[SiH](C)N(C(C)C)[Si](C)(C)[Si]1(C)C. The van der Waals surface area contributed by atoms with Gasteiger partial charge in [-0.3, -0.25) is 0 Å². The fraction of sp³-hybridized carbons (Fsp3) is 1.00. The van der Waals surface area contributed by atoms with E-state index >= 15 is 0 Å². The van der Waals surface area contributed by atoms with Crippen LogP contribution in [0.25, 0.3) is 0 Å². The molecule has 0 amide bonds. The second kappa shape index (κ2) is 4.35. The summed E-state index contributed by atoms with van der Waals surface area (Å²) < 4.78 is 5.97. The Morgan fingerprint density at radius 1 is 0.750 bits per heavy atom. The minimum Gasteiger partial charge on any atom is -0.335 e. The molecule has 1 fully saturated rings. The molecule has 0 atom stereocenters. The molecule has 0 aromatic heterocycles. The van der Waals surface area contributed by atoms with E-state index < -0.39 is 24.6 Å². The summed E-state index contributed by atoms with van der Waals surface area (Å²) in [6.07, 6.45) is 0. The lowest BCUT2D eigenvalue weighted by Gasteiger charge is -2.42. The van der Waals surface area contributed by atoms with Crippen molar-refractivity contribution in [3.8, 4) is 0 Å². The molecule has 1 rings (SSSR count). The molecule has 16 heavy (non-hydrogen) atoms. The molecular formula is C11H30N2Si3. The van der Waals surface area contributed by atoms with E-state index in [1.54, 1.807) is 0 Å². The summed E-state index contributed by atoms with van der Waals surface area (Å²) in [4.78, 5) is 0. The first kappa shape index (κ1) is 14.6. The van der Waals surface area contributed by atoms with Crippen LogP contribution in [0.1, 0.15) is 27.7 Å². The molecule has 0 saturated carbocycles. The molecule has 0 unspecified atom stereocenters. The van der Waals surface area contributed by atoms with Crippen LogP contribution < -0.4 is 0 Å². The maximum atomic E-state index is 2.99. The van der Waals surface area contributed by atoms with E-state index in [4.69, 9.17) is 0 Å². The zero-order valence-corrected chi connectivity index (χ0v) is 15.8. The average Bonchev–Trinajstić information content (AvgIpc) is 2.12. The van der Waals surface area contributed by atoms with Crippen molar-refractivity contribution >= 4 is 24.6 Å². The van der Waals surface area contributed by atoms with Gasteiger partial charge in [-0.1, -0.05) is 53.9 Å². The minimum atomic E-state index is -1.19. The topological polar surface area (TPSA) is 6.48 Å². The highest BCUT2D eigenvalue weighted by Crippen LogP contribution is 2.38. The second-order valence-electron chi connectivity index (χ2n) is 6.75. The zero-order valence-electron chi connectivity index (χ0n) is 12.6. The van der Waals surface area contributed by atoms with Crippen LogP contribution in [-0.2, 0) is 0 Å². The number of nitrogens with zero attached hydrogens (tertiary/aromatic N) is 2. The summed E-state index contributed by atoms with van der Waals surface area (Å²) in [5.74, 6) is 0. The lowest BCUT2D eigenvalue weighted by Crippen LogP contribution is -2.65. The maximum absolute atomic E-state index is 2.99. The Morgan fingerprint density at radius 2 is 1.00 bits per heavy atom. The number of rotatable bonds is 2. The van der Waals surface area contributed by atoms with Gasteiger partial charge in [-0.2, -0.15) is 0 Å². The van der Waals surface area contributed by atoms with Crippen LogP contribution in [0.4, 0.5) is 0 Å². The molecule has 5 heteroatoms. The minimum absolute atomic E-state index is 0.749. The normalized spacial score (nSPS) is 27.2. The van der Waals surface area contributed by atoms with Crippen LogP contribution in [0.2, 0.25) is 32.7 Å². The molecule has 2 nitrogen and oxygen atoms in total. The van der Waals surface area contributed by atoms with Crippen LogP contribution in [0.15, 0.2) is 0 Å². The van der Waals surface area contributed by atoms with Crippen molar-refractivity contribution in [3.05, 3.63) is 0 Å². The van der Waals surface area contributed by atoms with Crippen LogP contribution >= 0.6 is 0 Å². The quantitative estimate of drug-likeness (QED) is 0.715. The Hall–Kier alpha value is 0.571. The lowest BCUT2D eigenvalue weighted by atomic mass is 10.4. The molecule has 96 valence electrons. The van der Waals surface area contributed by atoms with Crippen molar-refractivity contribution < 1.29 is 0 Å². The first-order chi connectivity index (χ1) is 7.05. The molecule has 0 N–H and O–H groups in total. The molecule has 1 heterocycles. The summed E-state index contributed by atoms with van der Waals surface area (Å²) in [6.45, 7) is 22.6. The van der Waals surface area contributed by atoms with E-state index in [9.17, 15) is 0 Å². The Morgan fingerprint density at radius 3 is 1.12 bits per heavy atom. The van der Waals surface area contributed by atoms with E-state index in [1.165, 1.54) is 0 Å². The zero-order chi connectivity index (χ0) is 12.9. The van der Waals surface area contributed by atoms with Gasteiger partial charge in [-0.05, 0) is 18.6 Å². The Kier molecular flexibility index (Phi) is 3.98. The number of hydrogen-bond donors (Lipinski definition) is 0. The van der Waals surface area contributed by atoms with E-state index in [2.05, 4.69) is 68.9 Å². The van der Waals surface area contributed by atoms with Crippen LogP contribution in [0.5, 0.6) is 0 Å². The first-order valence-corrected chi connectivity index (χ1v) is 15.7. The molecule has 0 spiro atoms. The summed E-state index contributed by atoms with van der Waals surface area (Å²) >= 11 is 0. The van der Waals surface area contributed by atoms with E-state index in [-0.39, 0.29) is 0 Å². The van der Waals surface area contributed by atoms with Gasteiger partial charge in [0.05, 0.1) is 0 Å². The lowest BCUT2D eigenvalue weighted by molar-refractivity contribution is 0.465. The standard InChI is InChI=1S/C11H30N2Si3/c1-10(2)12-14(5)13(11(3)4)16(8,9)15(12,6)7/h10-11,14H,1-9H3. The third kappa shape index (κ3) is 1.90. The third-order valence-corrected chi connectivity index (χ3v) is 32.3. The largest absolute Gasteiger partial charge is 0.335 e. The molecule has 0 radical (unpaired) electrons.